The number of sulfonamides is 1. The molecule has 0 spiro atoms. The Kier molecular flexibility index (Phi) is 6.19. The van der Waals surface area contributed by atoms with E-state index in [0.29, 0.717) is 11.0 Å². The van der Waals surface area contributed by atoms with Crippen molar-refractivity contribution in [1.82, 2.24) is 9.97 Å². The highest BCUT2D eigenvalue weighted by Gasteiger charge is 2.20. The summed E-state index contributed by atoms with van der Waals surface area (Å²) in [6, 6.07) is 6.71. The summed E-state index contributed by atoms with van der Waals surface area (Å²) in [6.45, 7) is 5.23. The van der Waals surface area contributed by atoms with E-state index in [1.165, 1.54) is 24.4 Å². The fraction of sp³-hybridized carbons (Fsp3) is 0.0476. The van der Waals surface area contributed by atoms with Gasteiger partial charge in [0.1, 0.15) is 11.5 Å². The number of aromatic amines is 1. The number of hydrogen-bond acceptors (Lipinski definition) is 4. The van der Waals surface area contributed by atoms with Gasteiger partial charge in [-0.05, 0) is 49.4 Å². The fourth-order valence-electron chi connectivity index (χ4n) is 2.71. The molecule has 2 N–H and O–H groups in total. The summed E-state index contributed by atoms with van der Waals surface area (Å²) in [5.41, 5.74) is 0.434. The van der Waals surface area contributed by atoms with Crippen molar-refractivity contribution < 1.29 is 17.6 Å². The van der Waals surface area contributed by atoms with Crippen LogP contribution in [0.3, 0.4) is 0 Å². The van der Waals surface area contributed by atoms with Crippen molar-refractivity contribution in [1.29, 1.82) is 0 Å². The Labute approximate surface area is 177 Å². The van der Waals surface area contributed by atoms with Gasteiger partial charge in [-0.3, -0.25) is 9.52 Å². The van der Waals surface area contributed by atoms with Crippen LogP contribution in [0, 0.1) is 5.82 Å². The third-order valence-corrected chi connectivity index (χ3v) is 5.68. The number of H-pyrrole nitrogens is 1. The van der Waals surface area contributed by atoms with Crippen molar-refractivity contribution in [3.8, 4) is 0 Å². The number of carbonyl (C=O) groups is 1. The average Bonchev–Trinajstić information content (AvgIpc) is 3.13. The van der Waals surface area contributed by atoms with Gasteiger partial charge < -0.3 is 4.98 Å². The number of aromatic nitrogens is 2. The summed E-state index contributed by atoms with van der Waals surface area (Å²) in [4.78, 5) is 19.6. The van der Waals surface area contributed by atoms with E-state index < -0.39 is 21.6 Å². The summed E-state index contributed by atoms with van der Waals surface area (Å²) in [7, 11) is -4.06. The number of nitrogens with one attached hydrogen (secondary N) is 2. The summed E-state index contributed by atoms with van der Waals surface area (Å²) in [6.07, 6.45) is 7.33. The molecule has 6 nitrogen and oxygen atoms in total. The lowest BCUT2D eigenvalue weighted by Crippen LogP contribution is -2.14. The third kappa shape index (κ3) is 4.50. The van der Waals surface area contributed by atoms with Gasteiger partial charge in [-0.1, -0.05) is 24.3 Å². The lowest BCUT2D eigenvalue weighted by Gasteiger charge is -2.10. The molecule has 0 aliphatic rings. The number of carbonyl (C=O) groups excluding carboxylic acids is 1. The normalized spacial score (nSPS) is 12.4. The predicted octanol–water partition coefficient (Wildman–Crippen LogP) is 4.89. The van der Waals surface area contributed by atoms with Crippen LogP contribution < -0.4 is 4.72 Å². The minimum Gasteiger partial charge on any atom is -0.345 e. The van der Waals surface area contributed by atoms with E-state index in [1.54, 1.807) is 31.3 Å². The molecule has 2 heterocycles. The van der Waals surface area contributed by atoms with Gasteiger partial charge in [0, 0.05) is 34.1 Å². The van der Waals surface area contributed by atoms with Gasteiger partial charge in [0.25, 0.3) is 10.0 Å². The zero-order valence-corrected chi connectivity index (χ0v) is 17.4. The molecule has 0 radical (unpaired) electrons. The molecule has 0 atom stereocenters. The SMILES string of the molecule is C=C(/C=C(Cl)\C=C/C)S(=O)(=O)Nc1ccc(F)c(C(=O)c2c[nH]c3ncccc23)c1. The molecule has 0 aliphatic carbocycles. The maximum Gasteiger partial charge on any atom is 0.261 e. The average molecular weight is 446 g/mol. The first-order valence-electron chi connectivity index (χ1n) is 8.71. The fourth-order valence-corrected chi connectivity index (χ4v) is 3.88. The Hall–Kier alpha value is -3.23. The Morgan fingerprint density at radius 1 is 1.30 bits per heavy atom. The Morgan fingerprint density at radius 3 is 2.80 bits per heavy atom. The molecule has 1 aromatic carbocycles. The lowest BCUT2D eigenvalue weighted by atomic mass is 10.0. The monoisotopic (exact) mass is 445 g/mol. The van der Waals surface area contributed by atoms with Crippen LogP contribution in [0.25, 0.3) is 11.0 Å². The summed E-state index contributed by atoms with van der Waals surface area (Å²) < 4.78 is 41.6. The van der Waals surface area contributed by atoms with Crippen LogP contribution in [0.5, 0.6) is 0 Å². The van der Waals surface area contributed by atoms with Gasteiger partial charge in [-0.15, -0.1) is 0 Å². The molecule has 2 aromatic heterocycles. The molecule has 154 valence electrons. The highest BCUT2D eigenvalue weighted by molar-refractivity contribution is 7.96. The summed E-state index contributed by atoms with van der Waals surface area (Å²) >= 11 is 5.90. The number of pyridine rings is 1. The van der Waals surface area contributed by atoms with Crippen molar-refractivity contribution >= 4 is 44.1 Å². The number of fused-ring (bicyclic) bond motifs is 1. The molecule has 0 fully saturated rings. The maximum atomic E-state index is 14.4. The number of ketones is 1. The first kappa shape index (κ1) is 21.5. The number of halogens is 2. The van der Waals surface area contributed by atoms with Crippen molar-refractivity contribution in [2.75, 3.05) is 4.72 Å². The van der Waals surface area contributed by atoms with Crippen LogP contribution >= 0.6 is 11.6 Å². The molecule has 0 aliphatic heterocycles. The van der Waals surface area contributed by atoms with E-state index in [4.69, 9.17) is 11.6 Å². The zero-order valence-electron chi connectivity index (χ0n) is 15.8. The Bertz CT molecular complexity index is 1310. The summed E-state index contributed by atoms with van der Waals surface area (Å²) in [5, 5.41) is 0.709. The predicted molar refractivity (Wildman–Crippen MR) is 116 cm³/mol. The molecule has 9 heteroatoms. The third-order valence-electron chi connectivity index (χ3n) is 4.13. The van der Waals surface area contributed by atoms with Crippen molar-refractivity contribution in [3.63, 3.8) is 0 Å². The maximum absolute atomic E-state index is 14.4. The number of allylic oxidation sites excluding steroid dienone is 4. The molecule has 0 bridgehead atoms. The van der Waals surface area contributed by atoms with E-state index in [2.05, 4.69) is 21.3 Å². The van der Waals surface area contributed by atoms with Crippen LogP contribution in [0.15, 0.2) is 77.5 Å². The van der Waals surface area contributed by atoms with Crippen LogP contribution in [0.1, 0.15) is 22.8 Å². The Morgan fingerprint density at radius 2 is 2.07 bits per heavy atom. The van der Waals surface area contributed by atoms with Crippen LogP contribution in [-0.4, -0.2) is 24.2 Å². The van der Waals surface area contributed by atoms with Crippen LogP contribution in [-0.2, 0) is 10.0 Å². The van der Waals surface area contributed by atoms with E-state index in [9.17, 15) is 17.6 Å². The van der Waals surface area contributed by atoms with Gasteiger partial charge in [0.05, 0.1) is 10.5 Å². The molecule has 3 rings (SSSR count). The van der Waals surface area contributed by atoms with Crippen molar-refractivity contribution in [2.24, 2.45) is 0 Å². The minimum atomic E-state index is -4.06. The van der Waals surface area contributed by atoms with E-state index >= 15 is 0 Å². The summed E-state index contributed by atoms with van der Waals surface area (Å²) in [5.74, 6) is -1.39. The number of benzene rings is 1. The second-order valence-corrected chi connectivity index (χ2v) is 8.40. The first-order valence-corrected chi connectivity index (χ1v) is 10.6. The van der Waals surface area contributed by atoms with Crippen LogP contribution in [0.2, 0.25) is 0 Å². The van der Waals surface area contributed by atoms with E-state index in [-0.39, 0.29) is 26.8 Å². The molecule has 0 saturated heterocycles. The van der Waals surface area contributed by atoms with Gasteiger partial charge >= 0.3 is 0 Å². The zero-order chi connectivity index (χ0) is 21.9. The number of nitrogens with zero attached hydrogens (tertiary/aromatic N) is 1. The van der Waals surface area contributed by atoms with Crippen molar-refractivity contribution in [2.45, 2.75) is 6.92 Å². The lowest BCUT2D eigenvalue weighted by molar-refractivity contribution is 0.103. The minimum absolute atomic E-state index is 0.00872. The van der Waals surface area contributed by atoms with Crippen LogP contribution in [0.4, 0.5) is 10.1 Å². The number of rotatable bonds is 7. The smallest absolute Gasteiger partial charge is 0.261 e. The van der Waals surface area contributed by atoms with Gasteiger partial charge in [0.2, 0.25) is 0 Å². The molecule has 0 unspecified atom stereocenters. The number of anilines is 1. The molecular weight excluding hydrogens is 429 g/mol. The quantitative estimate of drug-likeness (QED) is 0.400. The van der Waals surface area contributed by atoms with Gasteiger partial charge in [-0.2, -0.15) is 0 Å². The largest absolute Gasteiger partial charge is 0.345 e. The second kappa shape index (κ2) is 8.64. The Balaban J connectivity index is 1.93. The standard InChI is InChI=1S/C21H17ClFN3O3S/c1-3-5-14(22)10-13(2)30(28,29)26-15-7-8-19(23)17(11-15)20(27)18-12-25-21-16(18)6-4-9-24-21/h3-12,26H,2H2,1H3,(H,24,25)/b5-3-,14-10+. The van der Waals surface area contributed by atoms with E-state index in [1.807, 2.05) is 0 Å². The van der Waals surface area contributed by atoms with Crippen molar-refractivity contribution in [3.05, 3.63) is 94.4 Å². The van der Waals surface area contributed by atoms with Gasteiger partial charge in [-0.25, -0.2) is 17.8 Å². The topological polar surface area (TPSA) is 91.9 Å². The highest BCUT2D eigenvalue weighted by Crippen LogP contribution is 2.24. The molecular formula is C21H17ClFN3O3S. The molecule has 3 aromatic rings. The highest BCUT2D eigenvalue weighted by atomic mass is 35.5. The number of hydrogen-bond donors (Lipinski definition) is 2. The van der Waals surface area contributed by atoms with Gasteiger partial charge in [0.15, 0.2) is 5.78 Å². The molecule has 0 saturated carbocycles. The molecule has 0 amide bonds. The van der Waals surface area contributed by atoms with E-state index in [0.717, 1.165) is 12.1 Å². The molecule has 30 heavy (non-hydrogen) atoms. The first-order chi connectivity index (χ1) is 14.2. The second-order valence-electron chi connectivity index (χ2n) is 6.23.